The van der Waals surface area contributed by atoms with Crippen molar-refractivity contribution >= 4 is 26.8 Å². The Balaban J connectivity index is 2.77. The molecule has 0 radical (unpaired) electrons. The second kappa shape index (κ2) is 3.87. The second-order valence-electron chi connectivity index (χ2n) is 3.01. The summed E-state index contributed by atoms with van der Waals surface area (Å²) in [6, 6.07) is 7.54. The monoisotopic (exact) mass is 262 g/mol. The molecule has 0 aliphatic carbocycles. The van der Waals surface area contributed by atoms with E-state index in [0.29, 0.717) is 11.3 Å². The second-order valence-corrected chi connectivity index (χ2v) is 3.93. The smallest absolute Gasteiger partial charge is 0.138 e. The number of rotatable bonds is 1. The molecule has 0 saturated carbocycles. The average molecular weight is 263 g/mol. The van der Waals surface area contributed by atoms with Crippen molar-refractivity contribution in [2.45, 2.75) is 0 Å². The molecule has 0 spiro atoms. The highest BCUT2D eigenvalue weighted by molar-refractivity contribution is 9.10. The largest absolute Gasteiger partial charge is 0.495 e. The molecule has 0 fully saturated rings. The van der Waals surface area contributed by atoms with Crippen LogP contribution in [0, 0.1) is 11.3 Å². The van der Waals surface area contributed by atoms with Crippen molar-refractivity contribution in [2.24, 2.45) is 0 Å². The Kier molecular flexibility index (Phi) is 2.57. The number of nitrogens with zero attached hydrogens (tertiary/aromatic N) is 2. The summed E-state index contributed by atoms with van der Waals surface area (Å²) in [4.78, 5) is 4.23. The molecule has 0 saturated heterocycles. The van der Waals surface area contributed by atoms with Gasteiger partial charge >= 0.3 is 0 Å². The number of fused-ring (bicyclic) bond motifs is 1. The van der Waals surface area contributed by atoms with Gasteiger partial charge in [0, 0.05) is 22.1 Å². The number of hydrogen-bond donors (Lipinski definition) is 0. The lowest BCUT2D eigenvalue weighted by Crippen LogP contribution is -1.89. The van der Waals surface area contributed by atoms with Crippen LogP contribution >= 0.6 is 15.9 Å². The molecule has 3 nitrogen and oxygen atoms in total. The summed E-state index contributed by atoms with van der Waals surface area (Å²) in [7, 11) is 1.54. The predicted molar refractivity (Wildman–Crippen MR) is 60.7 cm³/mol. The van der Waals surface area contributed by atoms with Crippen molar-refractivity contribution in [3.8, 4) is 11.8 Å². The molecule has 0 aliphatic heterocycles. The van der Waals surface area contributed by atoms with Crippen LogP contribution in [-0.4, -0.2) is 12.1 Å². The highest BCUT2D eigenvalue weighted by Crippen LogP contribution is 2.25. The van der Waals surface area contributed by atoms with E-state index < -0.39 is 0 Å². The van der Waals surface area contributed by atoms with E-state index in [1.54, 1.807) is 25.4 Å². The number of pyridine rings is 1. The molecule has 2 aromatic rings. The Bertz CT molecular complexity index is 560. The van der Waals surface area contributed by atoms with Crippen LogP contribution in [0.5, 0.6) is 5.75 Å². The van der Waals surface area contributed by atoms with E-state index in [9.17, 15) is 0 Å². The lowest BCUT2D eigenvalue weighted by molar-refractivity contribution is 0.414. The Morgan fingerprint density at radius 2 is 2.20 bits per heavy atom. The van der Waals surface area contributed by atoms with E-state index in [2.05, 4.69) is 27.0 Å². The van der Waals surface area contributed by atoms with Gasteiger partial charge in [-0.15, -0.1) is 0 Å². The first-order valence-electron chi connectivity index (χ1n) is 4.28. The summed E-state index contributed by atoms with van der Waals surface area (Å²) in [5.74, 6) is 0.555. The quantitative estimate of drug-likeness (QED) is 0.794. The highest BCUT2D eigenvalue weighted by atomic mass is 79.9. The van der Waals surface area contributed by atoms with Gasteiger partial charge in [0.05, 0.1) is 18.2 Å². The van der Waals surface area contributed by atoms with Crippen molar-refractivity contribution in [3.05, 3.63) is 34.4 Å². The van der Waals surface area contributed by atoms with Crippen molar-refractivity contribution in [1.29, 1.82) is 5.26 Å². The summed E-state index contributed by atoms with van der Waals surface area (Å²) < 4.78 is 5.99. The number of aromatic nitrogens is 1. The van der Waals surface area contributed by atoms with Gasteiger partial charge in [-0.3, -0.25) is 4.98 Å². The predicted octanol–water partition coefficient (Wildman–Crippen LogP) is 2.88. The molecule has 1 aromatic heterocycles. The minimum atomic E-state index is 0.518. The SMILES string of the molecule is COc1cc2ncc(Br)cc2cc1C#N. The van der Waals surface area contributed by atoms with Gasteiger partial charge in [-0.05, 0) is 28.1 Å². The fourth-order valence-electron chi connectivity index (χ4n) is 1.39. The fraction of sp³-hybridized carbons (Fsp3) is 0.0909. The summed E-state index contributed by atoms with van der Waals surface area (Å²) in [5.41, 5.74) is 1.33. The van der Waals surface area contributed by atoms with Crippen LogP contribution in [0.25, 0.3) is 10.9 Å². The molecule has 0 N–H and O–H groups in total. The number of benzene rings is 1. The van der Waals surface area contributed by atoms with Crippen molar-refractivity contribution in [1.82, 2.24) is 4.98 Å². The number of halogens is 1. The summed E-state index contributed by atoms with van der Waals surface area (Å²) in [6.45, 7) is 0. The Hall–Kier alpha value is -1.60. The third-order valence-corrected chi connectivity index (χ3v) is 2.52. The standard InChI is InChI=1S/C11H7BrN2O/c1-15-11-4-10-7(2-8(11)5-13)3-9(12)6-14-10/h2-4,6H,1H3. The molecule has 4 heteroatoms. The molecule has 2 rings (SSSR count). The van der Waals surface area contributed by atoms with Gasteiger partial charge in [0.15, 0.2) is 0 Å². The van der Waals surface area contributed by atoms with Crippen LogP contribution in [0.15, 0.2) is 28.9 Å². The number of nitriles is 1. The van der Waals surface area contributed by atoms with E-state index in [1.165, 1.54) is 0 Å². The molecule has 1 aromatic carbocycles. The van der Waals surface area contributed by atoms with Crippen LogP contribution in [-0.2, 0) is 0 Å². The van der Waals surface area contributed by atoms with Gasteiger partial charge in [-0.1, -0.05) is 0 Å². The minimum Gasteiger partial charge on any atom is -0.495 e. The summed E-state index contributed by atoms with van der Waals surface area (Å²) in [6.07, 6.45) is 1.72. The van der Waals surface area contributed by atoms with Gasteiger partial charge in [-0.2, -0.15) is 5.26 Å². The van der Waals surface area contributed by atoms with Crippen LogP contribution in [0.3, 0.4) is 0 Å². The topological polar surface area (TPSA) is 45.9 Å². The van der Waals surface area contributed by atoms with Crippen molar-refractivity contribution in [2.75, 3.05) is 7.11 Å². The maximum absolute atomic E-state index is 8.92. The van der Waals surface area contributed by atoms with Crippen LogP contribution in [0.2, 0.25) is 0 Å². The van der Waals surface area contributed by atoms with Gasteiger partial charge in [0.2, 0.25) is 0 Å². The van der Waals surface area contributed by atoms with E-state index in [-0.39, 0.29) is 0 Å². The lowest BCUT2D eigenvalue weighted by atomic mass is 10.1. The zero-order chi connectivity index (χ0) is 10.8. The third kappa shape index (κ3) is 1.79. The summed E-state index contributed by atoms with van der Waals surface area (Å²) >= 11 is 3.34. The minimum absolute atomic E-state index is 0.518. The number of methoxy groups -OCH3 is 1. The number of hydrogen-bond acceptors (Lipinski definition) is 3. The maximum atomic E-state index is 8.92. The number of ether oxygens (including phenoxy) is 1. The van der Waals surface area contributed by atoms with Gasteiger partial charge in [0.25, 0.3) is 0 Å². The van der Waals surface area contributed by atoms with Crippen molar-refractivity contribution < 1.29 is 4.74 Å². The Morgan fingerprint density at radius 1 is 1.40 bits per heavy atom. The average Bonchev–Trinajstić information content (AvgIpc) is 2.27. The molecule has 0 unspecified atom stereocenters. The van der Waals surface area contributed by atoms with Crippen LogP contribution in [0.1, 0.15) is 5.56 Å². The third-order valence-electron chi connectivity index (χ3n) is 2.09. The zero-order valence-electron chi connectivity index (χ0n) is 7.99. The summed E-state index contributed by atoms with van der Waals surface area (Å²) in [5, 5.41) is 9.83. The van der Waals surface area contributed by atoms with E-state index in [0.717, 1.165) is 15.4 Å². The molecular weight excluding hydrogens is 256 g/mol. The Morgan fingerprint density at radius 3 is 2.87 bits per heavy atom. The molecule has 0 aliphatic rings. The van der Waals surface area contributed by atoms with Crippen molar-refractivity contribution in [3.63, 3.8) is 0 Å². The van der Waals surface area contributed by atoms with Crippen LogP contribution in [0.4, 0.5) is 0 Å². The fourth-order valence-corrected chi connectivity index (χ4v) is 1.74. The van der Waals surface area contributed by atoms with Crippen LogP contribution < -0.4 is 4.74 Å². The first-order chi connectivity index (χ1) is 7.24. The van der Waals surface area contributed by atoms with E-state index in [1.807, 2.05) is 6.07 Å². The first kappa shape index (κ1) is 9.94. The van der Waals surface area contributed by atoms with Gasteiger partial charge in [0.1, 0.15) is 11.8 Å². The Labute approximate surface area is 95.4 Å². The molecule has 15 heavy (non-hydrogen) atoms. The molecule has 0 atom stereocenters. The molecule has 0 amide bonds. The normalized spacial score (nSPS) is 9.93. The lowest BCUT2D eigenvalue weighted by Gasteiger charge is -2.04. The highest BCUT2D eigenvalue weighted by Gasteiger charge is 2.05. The van der Waals surface area contributed by atoms with Gasteiger partial charge in [-0.25, -0.2) is 0 Å². The van der Waals surface area contributed by atoms with E-state index >= 15 is 0 Å². The molecule has 74 valence electrons. The maximum Gasteiger partial charge on any atom is 0.138 e. The molecular formula is C11H7BrN2O. The van der Waals surface area contributed by atoms with Gasteiger partial charge < -0.3 is 4.74 Å². The molecule has 1 heterocycles. The zero-order valence-corrected chi connectivity index (χ0v) is 9.58. The molecule has 0 bridgehead atoms. The first-order valence-corrected chi connectivity index (χ1v) is 5.07. The van der Waals surface area contributed by atoms with E-state index in [4.69, 9.17) is 10.00 Å².